The minimum absolute atomic E-state index is 0.0273. The van der Waals surface area contributed by atoms with E-state index in [0.717, 1.165) is 11.3 Å². The molecule has 31 heavy (non-hydrogen) atoms. The Morgan fingerprint density at radius 2 is 1.58 bits per heavy atom. The molecule has 2 fully saturated rings. The quantitative estimate of drug-likeness (QED) is 0.601. The summed E-state index contributed by atoms with van der Waals surface area (Å²) >= 11 is 1.87. The molecule has 3 atom stereocenters. The van der Waals surface area contributed by atoms with E-state index in [0.29, 0.717) is 18.5 Å². The van der Waals surface area contributed by atoms with Gasteiger partial charge in [0, 0.05) is 17.8 Å². The molecule has 166 valence electrons. The summed E-state index contributed by atoms with van der Waals surface area (Å²) < 4.78 is 0. The van der Waals surface area contributed by atoms with Crippen molar-refractivity contribution >= 4 is 17.7 Å². The zero-order valence-electron chi connectivity index (χ0n) is 18.2. The lowest BCUT2D eigenvalue weighted by atomic mass is 9.94. The van der Waals surface area contributed by atoms with Crippen molar-refractivity contribution in [3.8, 4) is 0 Å². The lowest BCUT2D eigenvalue weighted by molar-refractivity contribution is -0.139. The Morgan fingerprint density at radius 3 is 2.23 bits per heavy atom. The number of thioether (sulfide) groups is 1. The first-order valence-electron chi connectivity index (χ1n) is 11.7. The van der Waals surface area contributed by atoms with Crippen LogP contribution in [-0.4, -0.2) is 39.3 Å². The Balaban J connectivity index is 1.55. The fourth-order valence-corrected chi connectivity index (χ4v) is 6.49. The minimum Gasteiger partial charge on any atom is -0.480 e. The standard InChI is InChI=1S/C26H34N2O2S/c29-25(30)23(18-20-12-6-4-7-13-20)27-26-28(22-16-10-2-1-3-11-17-22)24(19-31-26)21-14-8-5-9-15-21/h4-9,12-15,22-24,26-27H,1-3,10-11,16-19H2,(H,29,30). The van der Waals surface area contributed by atoms with Gasteiger partial charge in [0.2, 0.25) is 0 Å². The molecule has 0 aromatic heterocycles. The van der Waals surface area contributed by atoms with Gasteiger partial charge in [0.25, 0.3) is 0 Å². The number of carboxylic acid groups (broad SMARTS) is 1. The van der Waals surface area contributed by atoms with Crippen LogP contribution in [0.15, 0.2) is 60.7 Å². The maximum Gasteiger partial charge on any atom is 0.321 e. The van der Waals surface area contributed by atoms with Gasteiger partial charge < -0.3 is 5.11 Å². The second-order valence-electron chi connectivity index (χ2n) is 8.81. The first kappa shape index (κ1) is 22.4. The first-order chi connectivity index (χ1) is 15.2. The van der Waals surface area contributed by atoms with E-state index in [4.69, 9.17) is 0 Å². The van der Waals surface area contributed by atoms with E-state index in [1.807, 2.05) is 42.1 Å². The monoisotopic (exact) mass is 438 g/mol. The molecule has 0 bridgehead atoms. The van der Waals surface area contributed by atoms with Gasteiger partial charge in [-0.1, -0.05) is 92.8 Å². The highest BCUT2D eigenvalue weighted by molar-refractivity contribution is 8.00. The molecular formula is C26H34N2O2S. The number of nitrogens with zero attached hydrogens (tertiary/aromatic N) is 1. The third-order valence-corrected chi connectivity index (χ3v) is 7.85. The summed E-state index contributed by atoms with van der Waals surface area (Å²) in [6.07, 6.45) is 9.44. The Morgan fingerprint density at radius 1 is 0.968 bits per heavy atom. The van der Waals surface area contributed by atoms with Crippen LogP contribution < -0.4 is 5.32 Å². The van der Waals surface area contributed by atoms with Crippen molar-refractivity contribution in [3.63, 3.8) is 0 Å². The number of carbonyl (C=O) groups is 1. The van der Waals surface area contributed by atoms with Crippen molar-refractivity contribution in [2.45, 2.75) is 75.0 Å². The largest absolute Gasteiger partial charge is 0.480 e. The summed E-state index contributed by atoms with van der Waals surface area (Å²) in [5.41, 5.74) is 2.43. The van der Waals surface area contributed by atoms with E-state index in [2.05, 4.69) is 40.5 Å². The second kappa shape index (κ2) is 11.2. The third-order valence-electron chi connectivity index (χ3n) is 6.65. The van der Waals surface area contributed by atoms with Crippen LogP contribution in [0, 0.1) is 0 Å². The minimum atomic E-state index is -0.773. The number of rotatable bonds is 7. The number of carboxylic acids is 1. The normalized spacial score (nSPS) is 24.4. The SMILES string of the molecule is O=C(O)C(Cc1ccccc1)NC1SCC(c2ccccc2)N1C1CCCCCCC1. The second-order valence-corrected chi connectivity index (χ2v) is 9.92. The highest BCUT2D eigenvalue weighted by Gasteiger charge is 2.40. The van der Waals surface area contributed by atoms with Gasteiger partial charge in [-0.15, -0.1) is 11.8 Å². The van der Waals surface area contributed by atoms with E-state index in [1.165, 1.54) is 50.5 Å². The summed E-state index contributed by atoms with van der Waals surface area (Å²) in [4.78, 5) is 14.8. The molecule has 2 aromatic carbocycles. The van der Waals surface area contributed by atoms with Gasteiger partial charge in [0.1, 0.15) is 11.5 Å². The van der Waals surface area contributed by atoms with Crippen molar-refractivity contribution < 1.29 is 9.90 Å². The van der Waals surface area contributed by atoms with Crippen molar-refractivity contribution in [2.24, 2.45) is 0 Å². The highest BCUT2D eigenvalue weighted by atomic mass is 32.2. The number of hydrogen-bond donors (Lipinski definition) is 2. The van der Waals surface area contributed by atoms with E-state index < -0.39 is 12.0 Å². The van der Waals surface area contributed by atoms with E-state index in [1.54, 1.807) is 0 Å². The third kappa shape index (κ3) is 5.91. The molecule has 2 N–H and O–H groups in total. The predicted molar refractivity (Wildman–Crippen MR) is 128 cm³/mol. The topological polar surface area (TPSA) is 52.6 Å². The average molecular weight is 439 g/mol. The Bertz CT molecular complexity index is 809. The zero-order chi connectivity index (χ0) is 21.5. The van der Waals surface area contributed by atoms with Gasteiger partial charge in [0.15, 0.2) is 0 Å². The molecule has 2 aromatic rings. The average Bonchev–Trinajstić information content (AvgIpc) is 3.18. The van der Waals surface area contributed by atoms with Crippen LogP contribution in [0.25, 0.3) is 0 Å². The summed E-state index contributed by atoms with van der Waals surface area (Å²) in [7, 11) is 0. The Hall–Kier alpha value is -1.82. The lowest BCUT2D eigenvalue weighted by Crippen LogP contribution is -2.52. The molecule has 1 saturated heterocycles. The summed E-state index contributed by atoms with van der Waals surface area (Å²) in [6.45, 7) is 0. The molecule has 0 radical (unpaired) electrons. The predicted octanol–water partition coefficient (Wildman–Crippen LogP) is 5.46. The van der Waals surface area contributed by atoms with Crippen LogP contribution >= 0.6 is 11.8 Å². The van der Waals surface area contributed by atoms with Crippen LogP contribution in [-0.2, 0) is 11.2 Å². The molecule has 1 aliphatic heterocycles. The maximum absolute atomic E-state index is 12.1. The van der Waals surface area contributed by atoms with Crippen LogP contribution in [0.5, 0.6) is 0 Å². The molecular weight excluding hydrogens is 404 g/mol. The highest BCUT2D eigenvalue weighted by Crippen LogP contribution is 2.41. The van der Waals surface area contributed by atoms with E-state index >= 15 is 0 Å². The molecule has 1 aliphatic carbocycles. The summed E-state index contributed by atoms with van der Waals surface area (Å²) in [5, 5.41) is 13.5. The first-order valence-corrected chi connectivity index (χ1v) is 12.7. The van der Waals surface area contributed by atoms with Gasteiger partial charge in [-0.05, 0) is 30.4 Å². The maximum atomic E-state index is 12.1. The van der Waals surface area contributed by atoms with E-state index in [9.17, 15) is 9.90 Å². The Kier molecular flexibility index (Phi) is 8.06. The number of nitrogens with one attached hydrogen (secondary N) is 1. The smallest absolute Gasteiger partial charge is 0.321 e. The summed E-state index contributed by atoms with van der Waals surface area (Å²) in [5.74, 6) is 0.223. The van der Waals surface area contributed by atoms with Crippen molar-refractivity contribution in [3.05, 3.63) is 71.8 Å². The van der Waals surface area contributed by atoms with Crippen molar-refractivity contribution in [2.75, 3.05) is 5.75 Å². The van der Waals surface area contributed by atoms with Crippen LogP contribution in [0.4, 0.5) is 0 Å². The van der Waals surface area contributed by atoms with Gasteiger partial charge in [0.05, 0.1) is 0 Å². The van der Waals surface area contributed by atoms with Crippen LogP contribution in [0.3, 0.4) is 0 Å². The van der Waals surface area contributed by atoms with Gasteiger partial charge in [-0.2, -0.15) is 0 Å². The molecule has 4 rings (SSSR count). The molecule has 5 heteroatoms. The van der Waals surface area contributed by atoms with Gasteiger partial charge in [-0.3, -0.25) is 15.0 Å². The van der Waals surface area contributed by atoms with Gasteiger partial charge >= 0.3 is 5.97 Å². The lowest BCUT2D eigenvalue weighted by Gasteiger charge is -2.39. The number of aliphatic carboxylic acids is 1. The van der Waals surface area contributed by atoms with E-state index in [-0.39, 0.29) is 5.50 Å². The molecule has 1 saturated carbocycles. The Labute approximate surface area is 190 Å². The van der Waals surface area contributed by atoms with Crippen molar-refractivity contribution in [1.29, 1.82) is 0 Å². The van der Waals surface area contributed by atoms with Gasteiger partial charge in [-0.25, -0.2) is 0 Å². The molecule has 3 unspecified atom stereocenters. The number of benzene rings is 2. The van der Waals surface area contributed by atoms with Crippen LogP contribution in [0.1, 0.15) is 62.1 Å². The fraction of sp³-hybridized carbons (Fsp3) is 0.500. The van der Waals surface area contributed by atoms with Crippen LogP contribution in [0.2, 0.25) is 0 Å². The molecule has 2 aliphatic rings. The molecule has 0 spiro atoms. The zero-order valence-corrected chi connectivity index (χ0v) is 19.0. The number of hydrogen-bond acceptors (Lipinski definition) is 4. The molecule has 1 heterocycles. The summed E-state index contributed by atoms with van der Waals surface area (Å²) in [6, 6.07) is 21.0. The molecule has 0 amide bonds. The molecule has 4 nitrogen and oxygen atoms in total. The van der Waals surface area contributed by atoms with Crippen molar-refractivity contribution in [1.82, 2.24) is 10.2 Å². The fourth-order valence-electron chi connectivity index (χ4n) is 5.01.